The van der Waals surface area contributed by atoms with Crippen molar-refractivity contribution in [3.05, 3.63) is 53.1 Å². The number of alkyl halides is 2. The van der Waals surface area contributed by atoms with Crippen LogP contribution >= 0.6 is 0 Å². The van der Waals surface area contributed by atoms with Crippen molar-refractivity contribution < 1.29 is 18.7 Å². The molecule has 0 spiro atoms. The molecular formula is C21H20F2N4O2. The normalized spacial score (nSPS) is 20.8. The van der Waals surface area contributed by atoms with Crippen molar-refractivity contribution in [2.24, 2.45) is 0 Å². The fourth-order valence-corrected chi connectivity index (χ4v) is 4.08. The van der Waals surface area contributed by atoms with Gasteiger partial charge < -0.3 is 10.0 Å². The highest BCUT2D eigenvalue weighted by Crippen LogP contribution is 2.32. The predicted octanol–water partition coefficient (Wildman–Crippen LogP) is 3.20. The molecule has 3 aromatic rings. The lowest BCUT2D eigenvalue weighted by molar-refractivity contribution is -0.0494. The number of halogens is 2. The Hall–Kier alpha value is -2.84. The first-order valence-corrected chi connectivity index (χ1v) is 9.61. The van der Waals surface area contributed by atoms with Crippen LogP contribution in [0, 0.1) is 0 Å². The van der Waals surface area contributed by atoms with Gasteiger partial charge in [-0.3, -0.25) is 15.2 Å². The van der Waals surface area contributed by atoms with Crippen LogP contribution in [0.5, 0.6) is 0 Å². The number of piperidine rings is 1. The van der Waals surface area contributed by atoms with E-state index in [2.05, 4.69) is 15.5 Å². The number of carbonyl (C=O) groups is 1. The van der Waals surface area contributed by atoms with Gasteiger partial charge in [0, 0.05) is 49.0 Å². The summed E-state index contributed by atoms with van der Waals surface area (Å²) in [6.45, 7) is 0.723. The first-order chi connectivity index (χ1) is 13.9. The highest BCUT2D eigenvalue weighted by molar-refractivity contribution is 6.00. The lowest BCUT2D eigenvalue weighted by atomic mass is 10.0. The summed E-state index contributed by atoms with van der Waals surface area (Å²) in [4.78, 5) is 14.2. The Bertz CT molecular complexity index is 1100. The first-order valence-electron chi connectivity index (χ1n) is 9.61. The van der Waals surface area contributed by atoms with Gasteiger partial charge in [0.15, 0.2) is 0 Å². The summed E-state index contributed by atoms with van der Waals surface area (Å²) in [6, 6.07) is 11.1. The van der Waals surface area contributed by atoms with Crippen LogP contribution in [0.1, 0.15) is 40.6 Å². The molecule has 8 heteroatoms. The van der Waals surface area contributed by atoms with Crippen LogP contribution in [0.4, 0.5) is 8.78 Å². The maximum Gasteiger partial charge on any atom is 0.253 e. The van der Waals surface area contributed by atoms with Gasteiger partial charge in [0.1, 0.15) is 6.23 Å². The number of hydrogen-bond acceptors (Lipinski definition) is 4. The molecular weight excluding hydrogens is 378 g/mol. The average Bonchev–Trinajstić information content (AvgIpc) is 3.30. The van der Waals surface area contributed by atoms with Gasteiger partial charge >= 0.3 is 0 Å². The van der Waals surface area contributed by atoms with E-state index in [9.17, 15) is 18.7 Å². The van der Waals surface area contributed by atoms with Crippen molar-refractivity contribution in [3.63, 3.8) is 0 Å². The topological polar surface area (TPSA) is 81.2 Å². The van der Waals surface area contributed by atoms with Crippen LogP contribution in [0.3, 0.4) is 0 Å². The molecule has 6 nitrogen and oxygen atoms in total. The quantitative estimate of drug-likeness (QED) is 0.619. The third kappa shape index (κ3) is 3.18. The first kappa shape index (κ1) is 18.2. The Morgan fingerprint density at radius 3 is 2.76 bits per heavy atom. The van der Waals surface area contributed by atoms with Crippen molar-refractivity contribution in [1.29, 1.82) is 0 Å². The molecule has 150 valence electrons. The van der Waals surface area contributed by atoms with Crippen LogP contribution in [-0.4, -0.2) is 45.1 Å². The van der Waals surface area contributed by atoms with E-state index >= 15 is 0 Å². The molecule has 0 saturated carbocycles. The van der Waals surface area contributed by atoms with Gasteiger partial charge in [0.05, 0.1) is 11.2 Å². The summed E-state index contributed by atoms with van der Waals surface area (Å²) >= 11 is 0. The second kappa shape index (κ2) is 6.60. The van der Waals surface area contributed by atoms with E-state index in [0.29, 0.717) is 17.6 Å². The molecule has 1 aromatic heterocycles. The van der Waals surface area contributed by atoms with Crippen molar-refractivity contribution >= 4 is 16.8 Å². The van der Waals surface area contributed by atoms with Gasteiger partial charge in [0.2, 0.25) is 0 Å². The summed E-state index contributed by atoms with van der Waals surface area (Å²) in [5, 5.41) is 21.1. The second-order valence-corrected chi connectivity index (χ2v) is 7.68. The SMILES string of the molecule is O=C(c1ccc2c(-c3ccc4c(c3)CNC4O)n[nH]c2c1)N1CCC(F)(F)CC1. The zero-order valence-electron chi connectivity index (χ0n) is 15.6. The van der Waals surface area contributed by atoms with E-state index in [0.717, 1.165) is 27.8 Å². The Balaban J connectivity index is 1.43. The smallest absolute Gasteiger partial charge is 0.253 e. The molecule has 2 aliphatic rings. The third-order valence-corrected chi connectivity index (χ3v) is 5.79. The van der Waals surface area contributed by atoms with E-state index in [1.165, 1.54) is 4.90 Å². The number of H-pyrrole nitrogens is 1. The summed E-state index contributed by atoms with van der Waals surface area (Å²) in [5.74, 6) is -2.92. The van der Waals surface area contributed by atoms with E-state index in [1.807, 2.05) is 24.3 Å². The Morgan fingerprint density at radius 2 is 1.97 bits per heavy atom. The minimum absolute atomic E-state index is 0.0626. The zero-order chi connectivity index (χ0) is 20.2. The molecule has 2 aromatic carbocycles. The van der Waals surface area contributed by atoms with E-state index in [4.69, 9.17) is 0 Å². The molecule has 3 N–H and O–H groups in total. The Morgan fingerprint density at radius 1 is 1.17 bits per heavy atom. The average molecular weight is 398 g/mol. The number of aromatic amines is 1. The molecule has 0 bridgehead atoms. The summed E-state index contributed by atoms with van der Waals surface area (Å²) in [6.07, 6.45) is -1.23. The number of hydrogen-bond donors (Lipinski definition) is 3. The number of aliphatic hydroxyl groups excluding tert-OH is 1. The Labute approximate surface area is 165 Å². The molecule has 1 saturated heterocycles. The third-order valence-electron chi connectivity index (χ3n) is 5.79. The van der Waals surface area contributed by atoms with Gasteiger partial charge in [-0.25, -0.2) is 8.78 Å². The van der Waals surface area contributed by atoms with Crippen molar-refractivity contribution in [2.75, 3.05) is 13.1 Å². The minimum atomic E-state index is -2.68. The number of aromatic nitrogens is 2. The van der Waals surface area contributed by atoms with Gasteiger partial charge in [-0.15, -0.1) is 0 Å². The summed E-state index contributed by atoms with van der Waals surface area (Å²) in [7, 11) is 0. The number of amides is 1. The fourth-order valence-electron chi connectivity index (χ4n) is 4.08. The van der Waals surface area contributed by atoms with E-state index < -0.39 is 12.2 Å². The maximum absolute atomic E-state index is 13.4. The molecule has 1 fully saturated rings. The number of fused-ring (bicyclic) bond motifs is 2. The number of benzene rings is 2. The van der Waals surface area contributed by atoms with E-state index in [-0.39, 0.29) is 31.8 Å². The zero-order valence-corrected chi connectivity index (χ0v) is 15.6. The van der Waals surface area contributed by atoms with Crippen molar-refractivity contribution in [3.8, 4) is 11.3 Å². The minimum Gasteiger partial charge on any atom is -0.374 e. The lowest BCUT2D eigenvalue weighted by Crippen LogP contribution is -2.42. The van der Waals surface area contributed by atoms with Crippen LogP contribution in [0.15, 0.2) is 36.4 Å². The largest absolute Gasteiger partial charge is 0.374 e. The highest BCUT2D eigenvalue weighted by Gasteiger charge is 2.35. The standard InChI is InChI=1S/C21H20F2N4O2/c22-21(23)5-7-27(8-6-21)20(29)13-2-4-16-17(10-13)25-26-18(16)12-1-3-15-14(9-12)11-24-19(15)28/h1-4,9-10,19,24,28H,5-8,11H2,(H,25,26). The second-order valence-electron chi connectivity index (χ2n) is 7.68. The van der Waals surface area contributed by atoms with Crippen molar-refractivity contribution in [1.82, 2.24) is 20.4 Å². The molecule has 1 atom stereocenters. The van der Waals surface area contributed by atoms with Crippen LogP contribution in [0.25, 0.3) is 22.2 Å². The van der Waals surface area contributed by atoms with Gasteiger partial charge in [-0.05, 0) is 35.4 Å². The monoisotopic (exact) mass is 398 g/mol. The number of nitrogens with one attached hydrogen (secondary N) is 2. The Kier molecular flexibility index (Phi) is 4.15. The summed E-state index contributed by atoms with van der Waals surface area (Å²) in [5.41, 5.74) is 4.75. The lowest BCUT2D eigenvalue weighted by Gasteiger charge is -2.31. The molecule has 0 aliphatic carbocycles. The van der Waals surface area contributed by atoms with E-state index in [1.54, 1.807) is 12.1 Å². The van der Waals surface area contributed by atoms with Gasteiger partial charge in [-0.2, -0.15) is 5.10 Å². The highest BCUT2D eigenvalue weighted by atomic mass is 19.3. The van der Waals surface area contributed by atoms with Crippen LogP contribution in [0.2, 0.25) is 0 Å². The van der Waals surface area contributed by atoms with Crippen LogP contribution < -0.4 is 5.32 Å². The molecule has 1 amide bonds. The number of aliphatic hydroxyl groups is 1. The number of likely N-dealkylation sites (tertiary alicyclic amines) is 1. The van der Waals surface area contributed by atoms with Crippen molar-refractivity contribution in [2.45, 2.75) is 31.5 Å². The number of nitrogens with zero attached hydrogens (tertiary/aromatic N) is 2. The molecule has 2 aliphatic heterocycles. The molecule has 3 heterocycles. The number of rotatable bonds is 2. The fraction of sp³-hybridized carbons (Fsp3) is 0.333. The molecule has 1 unspecified atom stereocenters. The molecule has 5 rings (SSSR count). The predicted molar refractivity (Wildman–Crippen MR) is 103 cm³/mol. The van der Waals surface area contributed by atoms with Gasteiger partial charge in [0.25, 0.3) is 11.8 Å². The maximum atomic E-state index is 13.4. The van der Waals surface area contributed by atoms with Gasteiger partial charge in [-0.1, -0.05) is 12.1 Å². The molecule has 29 heavy (non-hydrogen) atoms. The van der Waals surface area contributed by atoms with Crippen LogP contribution in [-0.2, 0) is 6.54 Å². The summed E-state index contributed by atoms with van der Waals surface area (Å²) < 4.78 is 26.7. The number of carbonyl (C=O) groups excluding carboxylic acids is 1. The molecule has 0 radical (unpaired) electrons.